The number of anilines is 1. The minimum atomic E-state index is -0.220. The first-order valence-electron chi connectivity index (χ1n) is 5.88. The van der Waals surface area contributed by atoms with Crippen LogP contribution in [0.15, 0.2) is 35.1 Å². The van der Waals surface area contributed by atoms with Crippen LogP contribution in [0, 0.1) is 5.82 Å². The first-order valence-corrected chi connectivity index (χ1v) is 6.67. The van der Waals surface area contributed by atoms with E-state index in [9.17, 15) is 4.39 Å². The van der Waals surface area contributed by atoms with Gasteiger partial charge in [-0.15, -0.1) is 0 Å². The van der Waals surface area contributed by atoms with Crippen LogP contribution in [0.3, 0.4) is 0 Å². The molecule has 1 aromatic carbocycles. The number of aromatic nitrogens is 2. The van der Waals surface area contributed by atoms with Crippen molar-refractivity contribution >= 4 is 21.6 Å². The Labute approximate surface area is 119 Å². The van der Waals surface area contributed by atoms with Gasteiger partial charge in [-0.1, -0.05) is 15.9 Å². The molecule has 0 amide bonds. The average molecular weight is 328 g/mol. The summed E-state index contributed by atoms with van der Waals surface area (Å²) >= 11 is 3.33. The Morgan fingerprint density at radius 1 is 1.47 bits per heavy atom. The summed E-state index contributed by atoms with van der Waals surface area (Å²) in [5, 5.41) is 7.32. The largest absolute Gasteiger partial charge is 0.383 e. The normalized spacial score (nSPS) is 10.7. The van der Waals surface area contributed by atoms with E-state index < -0.39 is 0 Å². The molecule has 0 aliphatic rings. The lowest BCUT2D eigenvalue weighted by atomic mass is 10.2. The van der Waals surface area contributed by atoms with Crippen molar-refractivity contribution < 1.29 is 9.13 Å². The monoisotopic (exact) mass is 327 g/mol. The molecule has 0 saturated carbocycles. The molecule has 0 unspecified atom stereocenters. The summed E-state index contributed by atoms with van der Waals surface area (Å²) in [6, 6.07) is 4.89. The second-order valence-electron chi connectivity index (χ2n) is 4.07. The summed E-state index contributed by atoms with van der Waals surface area (Å²) in [4.78, 5) is 0. The third-order valence-electron chi connectivity index (χ3n) is 2.65. The molecule has 19 heavy (non-hydrogen) atoms. The van der Waals surface area contributed by atoms with Crippen LogP contribution in [0.1, 0.15) is 5.56 Å². The van der Waals surface area contributed by atoms with Crippen LogP contribution < -0.4 is 5.32 Å². The fourth-order valence-corrected chi connectivity index (χ4v) is 2.05. The van der Waals surface area contributed by atoms with Crippen LogP contribution in [0.4, 0.5) is 10.1 Å². The third-order valence-corrected chi connectivity index (χ3v) is 3.14. The first-order chi connectivity index (χ1) is 9.19. The van der Waals surface area contributed by atoms with Gasteiger partial charge in [0.2, 0.25) is 0 Å². The summed E-state index contributed by atoms with van der Waals surface area (Å²) in [5.41, 5.74) is 1.47. The van der Waals surface area contributed by atoms with E-state index in [1.54, 1.807) is 30.1 Å². The molecule has 0 spiro atoms. The Kier molecular flexibility index (Phi) is 4.93. The van der Waals surface area contributed by atoms with Crippen LogP contribution >= 0.6 is 15.9 Å². The highest BCUT2D eigenvalue weighted by Gasteiger charge is 2.04. The lowest BCUT2D eigenvalue weighted by Crippen LogP contribution is -2.04. The van der Waals surface area contributed by atoms with E-state index in [1.807, 2.05) is 6.20 Å². The molecule has 0 bridgehead atoms. The molecule has 1 aromatic heterocycles. The van der Waals surface area contributed by atoms with E-state index in [2.05, 4.69) is 26.3 Å². The molecule has 0 radical (unpaired) electrons. The van der Waals surface area contributed by atoms with Crippen molar-refractivity contribution in [3.63, 3.8) is 0 Å². The van der Waals surface area contributed by atoms with Crippen LogP contribution in [-0.2, 0) is 17.8 Å². The van der Waals surface area contributed by atoms with E-state index in [4.69, 9.17) is 4.74 Å². The molecule has 0 aliphatic carbocycles. The van der Waals surface area contributed by atoms with Gasteiger partial charge in [-0.05, 0) is 18.2 Å². The molecule has 0 aliphatic heterocycles. The predicted molar refractivity (Wildman–Crippen MR) is 75.5 cm³/mol. The topological polar surface area (TPSA) is 39.1 Å². The fraction of sp³-hybridized carbons (Fsp3) is 0.308. The van der Waals surface area contributed by atoms with Gasteiger partial charge in [0.05, 0.1) is 25.0 Å². The van der Waals surface area contributed by atoms with Gasteiger partial charge in [0, 0.05) is 29.9 Å². The van der Waals surface area contributed by atoms with Gasteiger partial charge in [0.25, 0.3) is 0 Å². The number of halogens is 2. The van der Waals surface area contributed by atoms with Crippen LogP contribution in [0.5, 0.6) is 0 Å². The Morgan fingerprint density at radius 3 is 3.11 bits per heavy atom. The van der Waals surface area contributed by atoms with Crippen molar-refractivity contribution in [2.24, 2.45) is 0 Å². The lowest BCUT2D eigenvalue weighted by molar-refractivity contribution is 0.183. The molecule has 1 heterocycles. The number of methoxy groups -OCH3 is 1. The number of benzene rings is 1. The minimum Gasteiger partial charge on any atom is -0.383 e. The maximum absolute atomic E-state index is 13.5. The van der Waals surface area contributed by atoms with Gasteiger partial charge in [0.15, 0.2) is 0 Å². The number of hydrogen-bond acceptors (Lipinski definition) is 3. The second kappa shape index (κ2) is 6.68. The number of rotatable bonds is 6. The van der Waals surface area contributed by atoms with Crippen LogP contribution in [0.2, 0.25) is 0 Å². The van der Waals surface area contributed by atoms with Crippen molar-refractivity contribution in [3.05, 3.63) is 46.4 Å². The van der Waals surface area contributed by atoms with E-state index >= 15 is 0 Å². The van der Waals surface area contributed by atoms with E-state index in [-0.39, 0.29) is 5.82 Å². The summed E-state index contributed by atoms with van der Waals surface area (Å²) in [6.07, 6.45) is 3.58. The lowest BCUT2D eigenvalue weighted by Gasteiger charge is -2.05. The molecule has 0 saturated heterocycles. The second-order valence-corrected chi connectivity index (χ2v) is 4.99. The first kappa shape index (κ1) is 14.0. The molecule has 0 fully saturated rings. The summed E-state index contributed by atoms with van der Waals surface area (Å²) in [6.45, 7) is 1.73. The van der Waals surface area contributed by atoms with Gasteiger partial charge in [-0.25, -0.2) is 4.39 Å². The SMILES string of the molecule is COCCn1cc(NCc2cc(Br)ccc2F)cn1. The highest BCUT2D eigenvalue weighted by molar-refractivity contribution is 9.10. The Morgan fingerprint density at radius 2 is 2.32 bits per heavy atom. The quantitative estimate of drug-likeness (QED) is 0.886. The zero-order chi connectivity index (χ0) is 13.7. The highest BCUT2D eigenvalue weighted by Crippen LogP contribution is 2.17. The van der Waals surface area contributed by atoms with Gasteiger partial charge < -0.3 is 10.1 Å². The number of nitrogens with zero attached hydrogens (tertiary/aromatic N) is 2. The van der Waals surface area contributed by atoms with Crippen molar-refractivity contribution in [2.45, 2.75) is 13.1 Å². The van der Waals surface area contributed by atoms with E-state index in [0.717, 1.165) is 10.2 Å². The predicted octanol–water partition coefficient (Wildman–Crippen LogP) is 3.04. The average Bonchev–Trinajstić information content (AvgIpc) is 2.85. The van der Waals surface area contributed by atoms with Gasteiger partial charge in [-0.3, -0.25) is 4.68 Å². The van der Waals surface area contributed by atoms with E-state index in [0.29, 0.717) is 25.3 Å². The number of hydrogen-bond donors (Lipinski definition) is 1. The smallest absolute Gasteiger partial charge is 0.128 e. The molecule has 2 aromatic rings. The Hall–Kier alpha value is -1.40. The standard InChI is InChI=1S/C13H15BrFN3O/c1-19-5-4-18-9-12(8-17-18)16-7-10-6-11(14)2-3-13(10)15/h2-3,6,8-9,16H,4-5,7H2,1H3. The molecule has 1 N–H and O–H groups in total. The molecule has 2 rings (SSSR count). The Balaban J connectivity index is 1.94. The Bertz CT molecular complexity index is 544. The summed E-state index contributed by atoms with van der Waals surface area (Å²) in [7, 11) is 1.65. The summed E-state index contributed by atoms with van der Waals surface area (Å²) < 4.78 is 21.2. The van der Waals surface area contributed by atoms with Crippen molar-refractivity contribution in [3.8, 4) is 0 Å². The van der Waals surface area contributed by atoms with Crippen LogP contribution in [-0.4, -0.2) is 23.5 Å². The van der Waals surface area contributed by atoms with Crippen molar-refractivity contribution in [1.29, 1.82) is 0 Å². The van der Waals surface area contributed by atoms with Crippen LogP contribution in [0.25, 0.3) is 0 Å². The van der Waals surface area contributed by atoms with Gasteiger partial charge >= 0.3 is 0 Å². The maximum Gasteiger partial charge on any atom is 0.128 e. The molecular weight excluding hydrogens is 313 g/mol. The number of ether oxygens (including phenoxy) is 1. The maximum atomic E-state index is 13.5. The molecular formula is C13H15BrFN3O. The molecule has 0 atom stereocenters. The zero-order valence-electron chi connectivity index (χ0n) is 10.6. The highest BCUT2D eigenvalue weighted by atomic mass is 79.9. The molecule has 102 valence electrons. The van der Waals surface area contributed by atoms with E-state index in [1.165, 1.54) is 6.07 Å². The summed E-state index contributed by atoms with van der Waals surface area (Å²) in [5.74, 6) is -0.220. The van der Waals surface area contributed by atoms with Gasteiger partial charge in [-0.2, -0.15) is 5.10 Å². The number of nitrogens with one attached hydrogen (secondary N) is 1. The zero-order valence-corrected chi connectivity index (χ0v) is 12.2. The third kappa shape index (κ3) is 4.04. The molecule has 6 heteroatoms. The molecule has 4 nitrogen and oxygen atoms in total. The minimum absolute atomic E-state index is 0.220. The fourth-order valence-electron chi connectivity index (χ4n) is 1.64. The van der Waals surface area contributed by atoms with Gasteiger partial charge in [0.1, 0.15) is 5.82 Å². The van der Waals surface area contributed by atoms with Crippen molar-refractivity contribution in [1.82, 2.24) is 9.78 Å². The van der Waals surface area contributed by atoms with Crippen molar-refractivity contribution in [2.75, 3.05) is 19.0 Å².